The fourth-order valence-electron chi connectivity index (χ4n) is 2.07. The minimum Gasteiger partial charge on any atom is -0.504 e. The van der Waals surface area contributed by atoms with Crippen LogP contribution >= 0.6 is 0 Å². The topological polar surface area (TPSA) is 86.0 Å². The predicted molar refractivity (Wildman–Crippen MR) is 78.0 cm³/mol. The molecule has 0 saturated carbocycles. The molecule has 1 aromatic carbocycles. The van der Waals surface area contributed by atoms with Crippen LogP contribution in [-0.4, -0.2) is 39.9 Å². The number of phenolic OH excluding ortho intramolecular Hbond substituents is 1. The number of pyridine rings is 1. The van der Waals surface area contributed by atoms with Gasteiger partial charge in [0.1, 0.15) is 0 Å². The second-order valence-corrected chi connectivity index (χ2v) is 4.53. The number of esters is 1. The number of rotatable bonds is 3. The third-order valence-electron chi connectivity index (χ3n) is 3.20. The number of aromatic nitrogens is 3. The number of carbonyl (C=O) groups is 1. The molecule has 0 aliphatic heterocycles. The van der Waals surface area contributed by atoms with Crippen LogP contribution in [0.2, 0.25) is 0 Å². The minimum atomic E-state index is -0.432. The molecule has 0 fully saturated rings. The van der Waals surface area contributed by atoms with Crippen LogP contribution < -0.4 is 4.74 Å². The summed E-state index contributed by atoms with van der Waals surface area (Å²) in [6.45, 7) is 0. The maximum atomic E-state index is 11.5. The van der Waals surface area contributed by atoms with E-state index in [0.717, 1.165) is 0 Å². The monoisotopic (exact) mass is 299 g/mol. The summed E-state index contributed by atoms with van der Waals surface area (Å²) in [6.07, 6.45) is 1.63. The van der Waals surface area contributed by atoms with Crippen molar-refractivity contribution in [2.45, 2.75) is 0 Å². The Labute approximate surface area is 125 Å². The highest BCUT2D eigenvalue weighted by atomic mass is 16.5. The molecule has 0 aliphatic rings. The second-order valence-electron chi connectivity index (χ2n) is 4.53. The average Bonchev–Trinajstić information content (AvgIpc) is 2.97. The first-order chi connectivity index (χ1) is 10.6. The Hall–Kier alpha value is -3.09. The molecule has 112 valence electrons. The summed E-state index contributed by atoms with van der Waals surface area (Å²) in [6, 6.07) is 8.05. The Balaban J connectivity index is 2.06. The first-order valence-corrected chi connectivity index (χ1v) is 6.44. The Morgan fingerprint density at radius 3 is 2.77 bits per heavy atom. The summed E-state index contributed by atoms with van der Waals surface area (Å²) in [7, 11) is 2.79. The minimum absolute atomic E-state index is 0.0444. The molecule has 3 rings (SSSR count). The molecular formula is C15H13N3O4. The first-order valence-electron chi connectivity index (χ1n) is 6.44. The summed E-state index contributed by atoms with van der Waals surface area (Å²) in [4.78, 5) is 15.9. The lowest BCUT2D eigenvalue weighted by Gasteiger charge is -2.03. The van der Waals surface area contributed by atoms with Crippen LogP contribution in [0.15, 0.2) is 36.5 Å². The summed E-state index contributed by atoms with van der Waals surface area (Å²) in [5, 5.41) is 14.0. The Bertz CT molecular complexity index is 857. The van der Waals surface area contributed by atoms with E-state index in [2.05, 4.69) is 14.8 Å². The van der Waals surface area contributed by atoms with Crippen LogP contribution in [-0.2, 0) is 4.74 Å². The number of fused-ring (bicyclic) bond motifs is 1. The third-order valence-corrected chi connectivity index (χ3v) is 3.20. The molecule has 7 heteroatoms. The van der Waals surface area contributed by atoms with Gasteiger partial charge in [0, 0.05) is 11.8 Å². The van der Waals surface area contributed by atoms with Crippen molar-refractivity contribution in [3.63, 3.8) is 0 Å². The van der Waals surface area contributed by atoms with Gasteiger partial charge in [0.05, 0.1) is 19.8 Å². The molecular weight excluding hydrogens is 286 g/mol. The van der Waals surface area contributed by atoms with Crippen molar-refractivity contribution in [1.29, 1.82) is 0 Å². The zero-order valence-corrected chi connectivity index (χ0v) is 12.0. The van der Waals surface area contributed by atoms with Crippen molar-refractivity contribution in [3.05, 3.63) is 42.1 Å². The number of hydrogen-bond acceptors (Lipinski definition) is 6. The number of phenols is 1. The van der Waals surface area contributed by atoms with Crippen molar-refractivity contribution in [2.24, 2.45) is 0 Å². The van der Waals surface area contributed by atoms with Crippen molar-refractivity contribution < 1.29 is 19.4 Å². The quantitative estimate of drug-likeness (QED) is 0.743. The summed E-state index contributed by atoms with van der Waals surface area (Å²) in [5.41, 5.74) is 1.61. The number of benzene rings is 1. The number of ether oxygens (including phenoxy) is 2. The van der Waals surface area contributed by atoms with E-state index in [4.69, 9.17) is 4.74 Å². The molecule has 22 heavy (non-hydrogen) atoms. The summed E-state index contributed by atoms with van der Waals surface area (Å²) < 4.78 is 11.3. The zero-order chi connectivity index (χ0) is 15.7. The van der Waals surface area contributed by atoms with Gasteiger partial charge in [0.15, 0.2) is 23.0 Å². The van der Waals surface area contributed by atoms with Crippen LogP contribution in [0, 0.1) is 0 Å². The summed E-state index contributed by atoms with van der Waals surface area (Å²) >= 11 is 0. The predicted octanol–water partition coefficient (Wildman–Crippen LogP) is 1.90. The SMILES string of the molecule is COC(=O)c1ccn2nc(-c3ccc(O)c(OC)c3)nc2c1. The normalized spacial score (nSPS) is 10.6. The van der Waals surface area contributed by atoms with Crippen LogP contribution in [0.5, 0.6) is 11.5 Å². The lowest BCUT2D eigenvalue weighted by molar-refractivity contribution is 0.0600. The maximum absolute atomic E-state index is 11.5. The van der Waals surface area contributed by atoms with Crippen LogP contribution in [0.3, 0.4) is 0 Å². The maximum Gasteiger partial charge on any atom is 0.338 e. The summed E-state index contributed by atoms with van der Waals surface area (Å²) in [5.74, 6) is 0.410. The lowest BCUT2D eigenvalue weighted by atomic mass is 10.2. The molecule has 0 atom stereocenters. The molecule has 2 heterocycles. The Morgan fingerprint density at radius 2 is 2.05 bits per heavy atom. The van der Waals surface area contributed by atoms with Gasteiger partial charge in [0.25, 0.3) is 0 Å². The standard InChI is InChI=1S/C15H13N3O4/c1-21-12-7-9(3-4-11(12)19)14-16-13-8-10(15(20)22-2)5-6-18(13)17-14/h3-8,19H,1-2H3. The van der Waals surface area contributed by atoms with Gasteiger partial charge in [-0.2, -0.15) is 0 Å². The van der Waals surface area contributed by atoms with Crippen LogP contribution in [0.4, 0.5) is 0 Å². The first kappa shape index (κ1) is 13.9. The van der Waals surface area contributed by atoms with Crippen molar-refractivity contribution >= 4 is 11.6 Å². The van der Waals surface area contributed by atoms with Crippen LogP contribution in [0.1, 0.15) is 10.4 Å². The number of methoxy groups -OCH3 is 2. The largest absolute Gasteiger partial charge is 0.504 e. The van der Waals surface area contributed by atoms with Gasteiger partial charge in [-0.25, -0.2) is 14.3 Å². The number of carbonyl (C=O) groups excluding carboxylic acids is 1. The highest BCUT2D eigenvalue weighted by Crippen LogP contribution is 2.30. The highest BCUT2D eigenvalue weighted by Gasteiger charge is 2.12. The molecule has 2 aromatic heterocycles. The van der Waals surface area contributed by atoms with E-state index >= 15 is 0 Å². The Morgan fingerprint density at radius 1 is 1.23 bits per heavy atom. The fraction of sp³-hybridized carbons (Fsp3) is 0.133. The van der Waals surface area contributed by atoms with E-state index in [1.807, 2.05) is 0 Å². The fourth-order valence-corrected chi connectivity index (χ4v) is 2.07. The lowest BCUT2D eigenvalue weighted by Crippen LogP contribution is -2.02. The van der Waals surface area contributed by atoms with Gasteiger partial charge in [-0.3, -0.25) is 0 Å². The smallest absolute Gasteiger partial charge is 0.338 e. The van der Waals surface area contributed by atoms with Gasteiger partial charge in [0.2, 0.25) is 0 Å². The second kappa shape index (κ2) is 5.36. The number of aromatic hydroxyl groups is 1. The van der Waals surface area contributed by atoms with Gasteiger partial charge < -0.3 is 14.6 Å². The van der Waals surface area contributed by atoms with Gasteiger partial charge in [-0.1, -0.05) is 0 Å². The van der Waals surface area contributed by atoms with E-state index in [1.54, 1.807) is 35.0 Å². The van der Waals surface area contributed by atoms with E-state index in [1.165, 1.54) is 20.3 Å². The van der Waals surface area contributed by atoms with Crippen molar-refractivity contribution in [1.82, 2.24) is 14.6 Å². The van der Waals surface area contributed by atoms with E-state index in [0.29, 0.717) is 28.3 Å². The number of hydrogen-bond donors (Lipinski definition) is 1. The highest BCUT2D eigenvalue weighted by molar-refractivity contribution is 5.90. The van der Waals surface area contributed by atoms with Crippen molar-refractivity contribution in [2.75, 3.05) is 14.2 Å². The molecule has 0 aliphatic carbocycles. The molecule has 7 nitrogen and oxygen atoms in total. The Kier molecular flexibility index (Phi) is 3.38. The molecule has 3 aromatic rings. The molecule has 1 N–H and O–H groups in total. The van der Waals surface area contributed by atoms with E-state index < -0.39 is 5.97 Å². The van der Waals surface area contributed by atoms with E-state index in [9.17, 15) is 9.90 Å². The molecule has 0 amide bonds. The molecule has 0 spiro atoms. The van der Waals surface area contributed by atoms with Crippen LogP contribution in [0.25, 0.3) is 17.0 Å². The van der Waals surface area contributed by atoms with E-state index in [-0.39, 0.29) is 5.75 Å². The third kappa shape index (κ3) is 2.32. The molecule has 0 unspecified atom stereocenters. The molecule has 0 bridgehead atoms. The van der Waals surface area contributed by atoms with Gasteiger partial charge in [-0.15, -0.1) is 5.10 Å². The average molecular weight is 299 g/mol. The zero-order valence-electron chi connectivity index (χ0n) is 12.0. The van der Waals surface area contributed by atoms with Crippen molar-refractivity contribution in [3.8, 4) is 22.9 Å². The van der Waals surface area contributed by atoms with Gasteiger partial charge >= 0.3 is 5.97 Å². The number of nitrogens with zero attached hydrogens (tertiary/aromatic N) is 3. The molecule has 0 radical (unpaired) electrons. The molecule has 0 saturated heterocycles. The van der Waals surface area contributed by atoms with Gasteiger partial charge in [-0.05, 0) is 30.3 Å².